The van der Waals surface area contributed by atoms with Gasteiger partial charge in [-0.05, 0) is 19.3 Å². The quantitative estimate of drug-likeness (QED) is 0.165. The lowest BCUT2D eigenvalue weighted by Crippen LogP contribution is -2.49. The molecule has 1 rings (SSSR count). The highest BCUT2D eigenvalue weighted by Gasteiger charge is 2.43. The average molecular weight is 363 g/mol. The van der Waals surface area contributed by atoms with Gasteiger partial charge in [0.15, 0.2) is 6.29 Å². The third-order valence-electron chi connectivity index (χ3n) is 3.90. The van der Waals surface area contributed by atoms with Crippen molar-refractivity contribution in [3.63, 3.8) is 0 Å². The first-order valence-corrected chi connectivity index (χ1v) is 11.8. The third kappa shape index (κ3) is 9.49. The van der Waals surface area contributed by atoms with Crippen LogP contribution in [-0.4, -0.2) is 47.6 Å². The molecule has 6 heteroatoms. The Morgan fingerprint density at radius 1 is 0.958 bits per heavy atom. The lowest BCUT2D eigenvalue weighted by molar-refractivity contribution is -0.127. The number of ether oxygens (including phenoxy) is 2. The van der Waals surface area contributed by atoms with Gasteiger partial charge in [0.1, 0.15) is 6.10 Å². The van der Waals surface area contributed by atoms with Gasteiger partial charge in [-0.3, -0.25) is 0 Å². The average Bonchev–Trinajstić information content (AvgIpc) is 3.38. The van der Waals surface area contributed by atoms with Crippen LogP contribution in [0.1, 0.15) is 72.6 Å². The summed E-state index contributed by atoms with van der Waals surface area (Å²) in [5, 5.41) is 0. The van der Waals surface area contributed by atoms with Gasteiger partial charge in [-0.2, -0.15) is 0 Å². The molecule has 1 aliphatic heterocycles. The van der Waals surface area contributed by atoms with E-state index in [1.807, 2.05) is 0 Å². The first-order valence-electron chi connectivity index (χ1n) is 9.88. The van der Waals surface area contributed by atoms with Crippen LogP contribution >= 0.6 is 0 Å². The van der Waals surface area contributed by atoms with Crippen LogP contribution in [-0.2, 0) is 22.8 Å². The molecule has 1 aliphatic rings. The fraction of sp³-hybridized carbons (Fsp3) is 1.00. The number of rotatable bonds is 17. The summed E-state index contributed by atoms with van der Waals surface area (Å²) in [5.41, 5.74) is 0. The molecular weight excluding hydrogens is 324 g/mol. The molecule has 1 saturated heterocycles. The van der Waals surface area contributed by atoms with E-state index >= 15 is 0 Å². The second-order valence-corrected chi connectivity index (χ2v) is 9.14. The highest BCUT2D eigenvalue weighted by atomic mass is 28.4. The molecule has 0 N–H and O–H groups in total. The molecule has 2 unspecified atom stereocenters. The van der Waals surface area contributed by atoms with Crippen molar-refractivity contribution < 1.29 is 22.8 Å². The van der Waals surface area contributed by atoms with E-state index in [0.29, 0.717) is 19.8 Å². The number of epoxide rings is 1. The number of unbranched alkanes of at least 4 members (excludes halogenated alkanes) is 2. The molecule has 5 nitrogen and oxygen atoms in total. The van der Waals surface area contributed by atoms with Crippen LogP contribution in [0, 0.1) is 0 Å². The van der Waals surface area contributed by atoms with Gasteiger partial charge in [-0.15, -0.1) is 0 Å². The van der Waals surface area contributed by atoms with Crippen molar-refractivity contribution in [2.45, 2.75) is 91.1 Å². The summed E-state index contributed by atoms with van der Waals surface area (Å²) in [5.74, 6) is 0. The molecule has 0 radical (unpaired) electrons. The predicted molar refractivity (Wildman–Crippen MR) is 98.0 cm³/mol. The molecule has 0 bridgehead atoms. The second-order valence-electron chi connectivity index (χ2n) is 6.46. The second kappa shape index (κ2) is 13.3. The van der Waals surface area contributed by atoms with E-state index in [0.717, 1.165) is 57.6 Å². The maximum Gasteiger partial charge on any atom is 0.502 e. The summed E-state index contributed by atoms with van der Waals surface area (Å²) in [6.07, 6.45) is 7.16. The fourth-order valence-electron chi connectivity index (χ4n) is 2.35. The Kier molecular flexibility index (Phi) is 12.2. The minimum atomic E-state index is -2.69. The van der Waals surface area contributed by atoms with Crippen molar-refractivity contribution in [2.24, 2.45) is 0 Å². The molecule has 0 aromatic heterocycles. The molecule has 144 valence electrons. The van der Waals surface area contributed by atoms with Crippen molar-refractivity contribution in [2.75, 3.05) is 26.4 Å². The number of hydrogen-bond acceptors (Lipinski definition) is 5. The molecule has 2 atom stereocenters. The smallest absolute Gasteiger partial charge is 0.373 e. The highest BCUT2D eigenvalue weighted by molar-refractivity contribution is 6.60. The van der Waals surface area contributed by atoms with Crippen LogP contribution < -0.4 is 0 Å². The van der Waals surface area contributed by atoms with Crippen LogP contribution in [0.3, 0.4) is 0 Å². The summed E-state index contributed by atoms with van der Waals surface area (Å²) in [4.78, 5) is 0. The monoisotopic (exact) mass is 362 g/mol. The van der Waals surface area contributed by atoms with Gasteiger partial charge in [0, 0.05) is 19.3 Å². The molecule has 0 aromatic rings. The Morgan fingerprint density at radius 2 is 1.58 bits per heavy atom. The van der Waals surface area contributed by atoms with Gasteiger partial charge in [-0.25, -0.2) is 0 Å². The zero-order valence-corrected chi connectivity index (χ0v) is 17.2. The van der Waals surface area contributed by atoms with Crippen molar-refractivity contribution in [1.82, 2.24) is 0 Å². The van der Waals surface area contributed by atoms with E-state index in [1.165, 1.54) is 0 Å². The third-order valence-corrected chi connectivity index (χ3v) is 6.92. The topological polar surface area (TPSA) is 49.5 Å². The molecule has 1 heterocycles. The Labute approximate surface area is 149 Å². The first-order chi connectivity index (χ1) is 11.7. The molecule has 0 aliphatic carbocycles. The summed E-state index contributed by atoms with van der Waals surface area (Å²) in [6, 6.07) is 0.851. The van der Waals surface area contributed by atoms with Crippen molar-refractivity contribution in [3.8, 4) is 0 Å². The predicted octanol–water partition coefficient (Wildman–Crippen LogP) is 4.53. The van der Waals surface area contributed by atoms with E-state index in [1.54, 1.807) is 0 Å². The van der Waals surface area contributed by atoms with E-state index < -0.39 is 8.80 Å². The minimum absolute atomic E-state index is 0.247. The van der Waals surface area contributed by atoms with Crippen molar-refractivity contribution in [3.05, 3.63) is 0 Å². The van der Waals surface area contributed by atoms with Crippen LogP contribution in [0.5, 0.6) is 0 Å². The van der Waals surface area contributed by atoms with Crippen LogP contribution in [0.15, 0.2) is 0 Å². The van der Waals surface area contributed by atoms with Gasteiger partial charge >= 0.3 is 8.80 Å². The maximum atomic E-state index is 6.41. The SMILES string of the molecule is CCCCO[Si](CCC)(OCCCC)OC(CCC)OCC1CO1. The van der Waals surface area contributed by atoms with Gasteiger partial charge < -0.3 is 22.8 Å². The molecule has 0 saturated carbocycles. The standard InChI is InChI=1S/C18H38O5Si/c1-5-9-12-21-24(14-8-4,22-13-10-6-2)23-18(11-7-3)20-16-17-15-19-17/h17-18H,5-16H2,1-4H3. The summed E-state index contributed by atoms with van der Waals surface area (Å²) >= 11 is 0. The molecule has 0 aromatic carbocycles. The van der Waals surface area contributed by atoms with Crippen LogP contribution in [0.2, 0.25) is 6.04 Å². The summed E-state index contributed by atoms with van der Waals surface area (Å²) < 4.78 is 30.1. The molecular formula is C18H38O5Si. The first kappa shape index (κ1) is 22.1. The van der Waals surface area contributed by atoms with Gasteiger partial charge in [0.25, 0.3) is 0 Å². The Hall–Kier alpha value is 0.0169. The normalized spacial score (nSPS) is 18.8. The summed E-state index contributed by atoms with van der Waals surface area (Å²) in [7, 11) is -2.69. The zero-order valence-electron chi connectivity index (χ0n) is 16.2. The fourth-order valence-corrected chi connectivity index (χ4v) is 5.09. The molecule has 1 fully saturated rings. The number of hydrogen-bond donors (Lipinski definition) is 0. The largest absolute Gasteiger partial charge is 0.502 e. The zero-order chi connectivity index (χ0) is 17.7. The van der Waals surface area contributed by atoms with Crippen LogP contribution in [0.4, 0.5) is 0 Å². The summed E-state index contributed by atoms with van der Waals surface area (Å²) in [6.45, 7) is 11.5. The van der Waals surface area contributed by atoms with E-state index in [4.69, 9.17) is 22.8 Å². The maximum absolute atomic E-state index is 6.41. The molecule has 0 amide bonds. The molecule has 24 heavy (non-hydrogen) atoms. The van der Waals surface area contributed by atoms with Crippen molar-refractivity contribution in [1.29, 1.82) is 0 Å². The Balaban J connectivity index is 2.66. The van der Waals surface area contributed by atoms with Crippen molar-refractivity contribution >= 4 is 8.80 Å². The van der Waals surface area contributed by atoms with E-state index in [2.05, 4.69) is 27.7 Å². The minimum Gasteiger partial charge on any atom is -0.373 e. The van der Waals surface area contributed by atoms with Gasteiger partial charge in [0.2, 0.25) is 0 Å². The van der Waals surface area contributed by atoms with E-state index in [9.17, 15) is 0 Å². The highest BCUT2D eigenvalue weighted by Crippen LogP contribution is 2.24. The Morgan fingerprint density at radius 3 is 2.04 bits per heavy atom. The lowest BCUT2D eigenvalue weighted by atomic mass is 10.3. The van der Waals surface area contributed by atoms with Gasteiger partial charge in [-0.1, -0.05) is 53.4 Å². The van der Waals surface area contributed by atoms with Gasteiger partial charge in [0.05, 0.1) is 13.2 Å². The Bertz CT molecular complexity index is 289. The van der Waals surface area contributed by atoms with E-state index in [-0.39, 0.29) is 12.4 Å². The van der Waals surface area contributed by atoms with Crippen LogP contribution in [0.25, 0.3) is 0 Å². The molecule has 0 spiro atoms. The lowest BCUT2D eigenvalue weighted by Gasteiger charge is -2.33.